The van der Waals surface area contributed by atoms with Crippen LogP contribution in [0.25, 0.3) is 0 Å². The summed E-state index contributed by atoms with van der Waals surface area (Å²) in [6.45, 7) is 6.22. The van der Waals surface area contributed by atoms with Crippen molar-refractivity contribution >= 4 is 5.97 Å². The summed E-state index contributed by atoms with van der Waals surface area (Å²) in [6.07, 6.45) is 18.1. The highest BCUT2D eigenvalue weighted by molar-refractivity contribution is 5.69. The Hall–Kier alpha value is -1.55. The van der Waals surface area contributed by atoms with Crippen LogP contribution in [0.1, 0.15) is 109 Å². The summed E-state index contributed by atoms with van der Waals surface area (Å²) < 4.78 is 16.4. The van der Waals surface area contributed by atoms with Gasteiger partial charge in [-0.05, 0) is 37.0 Å². The summed E-state index contributed by atoms with van der Waals surface area (Å²) in [5.41, 5.74) is 1.38. The molecular weight excluding hydrogens is 400 g/mol. The first-order valence-corrected chi connectivity index (χ1v) is 13.2. The van der Waals surface area contributed by atoms with E-state index in [1.807, 2.05) is 12.1 Å². The number of hydrogen-bond donors (Lipinski definition) is 0. The van der Waals surface area contributed by atoms with E-state index in [1.54, 1.807) is 0 Å². The topological polar surface area (TPSA) is 44.8 Å². The third-order valence-corrected chi connectivity index (χ3v) is 5.71. The number of carbonyl (C=O) groups excluding carboxylic acids is 1. The summed E-state index contributed by atoms with van der Waals surface area (Å²) in [7, 11) is 0. The third-order valence-electron chi connectivity index (χ3n) is 5.71. The Morgan fingerprint density at radius 2 is 1.22 bits per heavy atom. The molecule has 0 heterocycles. The largest absolute Gasteiger partial charge is 0.491 e. The van der Waals surface area contributed by atoms with Crippen molar-refractivity contribution in [2.75, 3.05) is 26.4 Å². The van der Waals surface area contributed by atoms with Crippen LogP contribution in [-0.4, -0.2) is 32.4 Å². The van der Waals surface area contributed by atoms with Gasteiger partial charge in [-0.25, -0.2) is 0 Å². The van der Waals surface area contributed by atoms with Crippen LogP contribution >= 0.6 is 0 Å². The Labute approximate surface area is 197 Å². The lowest BCUT2D eigenvalue weighted by atomic mass is 10.0. The zero-order valence-corrected chi connectivity index (χ0v) is 20.9. The summed E-state index contributed by atoms with van der Waals surface area (Å²) in [6, 6.07) is 8.40. The van der Waals surface area contributed by atoms with Crippen molar-refractivity contribution in [1.29, 1.82) is 0 Å². The SMILES string of the molecule is CCCCCCCCCC(=O)OCCOCCOc1ccc(CCCCCCCC)cc1. The predicted octanol–water partition coefficient (Wildman–Crippen LogP) is 7.67. The van der Waals surface area contributed by atoms with Crippen LogP contribution in [-0.2, 0) is 20.7 Å². The van der Waals surface area contributed by atoms with Crippen LogP contribution in [0.2, 0.25) is 0 Å². The van der Waals surface area contributed by atoms with E-state index in [0.29, 0.717) is 32.8 Å². The molecule has 0 aliphatic carbocycles. The highest BCUT2D eigenvalue weighted by Crippen LogP contribution is 2.15. The number of aryl methyl sites for hydroxylation is 1. The second-order valence-electron chi connectivity index (χ2n) is 8.71. The van der Waals surface area contributed by atoms with Gasteiger partial charge in [-0.3, -0.25) is 4.79 Å². The first-order chi connectivity index (χ1) is 15.8. The van der Waals surface area contributed by atoms with Gasteiger partial charge < -0.3 is 14.2 Å². The van der Waals surface area contributed by atoms with Crippen LogP contribution in [0.15, 0.2) is 24.3 Å². The lowest BCUT2D eigenvalue weighted by molar-refractivity contribution is -0.145. The Bertz CT molecular complexity index is 541. The number of esters is 1. The monoisotopic (exact) mass is 448 g/mol. The summed E-state index contributed by atoms with van der Waals surface area (Å²) in [4.78, 5) is 11.7. The van der Waals surface area contributed by atoms with E-state index in [2.05, 4.69) is 26.0 Å². The average molecular weight is 449 g/mol. The average Bonchev–Trinajstić information content (AvgIpc) is 2.81. The zero-order valence-electron chi connectivity index (χ0n) is 20.9. The van der Waals surface area contributed by atoms with Gasteiger partial charge in [-0.2, -0.15) is 0 Å². The van der Waals surface area contributed by atoms with Crippen LogP contribution in [0.4, 0.5) is 0 Å². The maximum Gasteiger partial charge on any atom is 0.305 e. The van der Waals surface area contributed by atoms with Crippen LogP contribution in [0.3, 0.4) is 0 Å². The molecule has 0 spiro atoms. The first-order valence-electron chi connectivity index (χ1n) is 13.2. The van der Waals surface area contributed by atoms with E-state index < -0.39 is 0 Å². The van der Waals surface area contributed by atoms with E-state index in [4.69, 9.17) is 14.2 Å². The number of carbonyl (C=O) groups is 1. The minimum Gasteiger partial charge on any atom is -0.491 e. The Morgan fingerprint density at radius 1 is 0.656 bits per heavy atom. The molecule has 0 radical (unpaired) electrons. The van der Waals surface area contributed by atoms with Gasteiger partial charge in [-0.15, -0.1) is 0 Å². The number of benzene rings is 1. The molecule has 0 amide bonds. The second-order valence-corrected chi connectivity index (χ2v) is 8.71. The molecule has 0 aromatic heterocycles. The van der Waals surface area contributed by atoms with Crippen molar-refractivity contribution < 1.29 is 19.0 Å². The molecule has 1 aromatic rings. The van der Waals surface area contributed by atoms with Crippen molar-refractivity contribution in [3.63, 3.8) is 0 Å². The Balaban J connectivity index is 1.92. The van der Waals surface area contributed by atoms with Gasteiger partial charge in [0.25, 0.3) is 0 Å². The van der Waals surface area contributed by atoms with Crippen molar-refractivity contribution in [1.82, 2.24) is 0 Å². The van der Waals surface area contributed by atoms with Gasteiger partial charge in [0, 0.05) is 6.42 Å². The van der Waals surface area contributed by atoms with E-state index in [1.165, 1.54) is 76.2 Å². The zero-order chi connectivity index (χ0) is 23.1. The fourth-order valence-corrected chi connectivity index (χ4v) is 3.70. The molecule has 0 N–H and O–H groups in total. The molecule has 1 aromatic carbocycles. The molecule has 0 aliphatic heterocycles. The second kappa shape index (κ2) is 21.3. The van der Waals surface area contributed by atoms with E-state index in [0.717, 1.165) is 25.0 Å². The minimum atomic E-state index is -0.112. The van der Waals surface area contributed by atoms with Crippen molar-refractivity contribution in [2.45, 2.75) is 110 Å². The summed E-state index contributed by atoms with van der Waals surface area (Å²) in [5, 5.41) is 0. The molecule has 4 heteroatoms. The molecule has 0 bridgehead atoms. The molecular formula is C28H48O4. The maximum absolute atomic E-state index is 11.7. The smallest absolute Gasteiger partial charge is 0.305 e. The number of hydrogen-bond acceptors (Lipinski definition) is 4. The van der Waals surface area contributed by atoms with E-state index in [-0.39, 0.29) is 5.97 Å². The van der Waals surface area contributed by atoms with Gasteiger partial charge in [0.05, 0.1) is 13.2 Å². The number of unbranched alkanes of at least 4 members (excludes halogenated alkanes) is 11. The van der Waals surface area contributed by atoms with E-state index >= 15 is 0 Å². The molecule has 0 atom stereocenters. The van der Waals surface area contributed by atoms with Gasteiger partial charge >= 0.3 is 5.97 Å². The lowest BCUT2D eigenvalue weighted by Gasteiger charge is -2.09. The van der Waals surface area contributed by atoms with Gasteiger partial charge in [0.2, 0.25) is 0 Å². The summed E-state index contributed by atoms with van der Waals surface area (Å²) in [5.74, 6) is 0.765. The number of ether oxygens (including phenoxy) is 3. The van der Waals surface area contributed by atoms with Gasteiger partial charge in [0.15, 0.2) is 0 Å². The van der Waals surface area contributed by atoms with Crippen molar-refractivity contribution in [2.24, 2.45) is 0 Å². The fraction of sp³-hybridized carbons (Fsp3) is 0.750. The first kappa shape index (κ1) is 28.5. The lowest BCUT2D eigenvalue weighted by Crippen LogP contribution is -2.13. The van der Waals surface area contributed by atoms with Crippen LogP contribution < -0.4 is 4.74 Å². The molecule has 0 saturated carbocycles. The van der Waals surface area contributed by atoms with E-state index in [9.17, 15) is 4.79 Å². The number of rotatable bonds is 22. The molecule has 184 valence electrons. The molecule has 0 fully saturated rings. The normalized spacial score (nSPS) is 10.9. The highest BCUT2D eigenvalue weighted by Gasteiger charge is 2.03. The molecule has 32 heavy (non-hydrogen) atoms. The highest BCUT2D eigenvalue weighted by atomic mass is 16.6. The molecule has 0 saturated heterocycles. The van der Waals surface area contributed by atoms with Crippen LogP contribution in [0, 0.1) is 0 Å². The standard InChI is InChI=1S/C28H48O4/c1-3-5-7-9-11-13-15-17-28(29)32-25-23-30-22-24-31-27-20-18-26(19-21-27)16-14-12-10-8-6-4-2/h18-21H,3-17,22-25H2,1-2H3. The van der Waals surface area contributed by atoms with Crippen molar-refractivity contribution in [3.05, 3.63) is 29.8 Å². The molecule has 4 nitrogen and oxygen atoms in total. The third kappa shape index (κ3) is 17.1. The van der Waals surface area contributed by atoms with Gasteiger partial charge in [-0.1, -0.05) is 96.6 Å². The fourth-order valence-electron chi connectivity index (χ4n) is 3.70. The summed E-state index contributed by atoms with van der Waals surface area (Å²) >= 11 is 0. The quantitative estimate of drug-likeness (QED) is 0.135. The maximum atomic E-state index is 11.7. The van der Waals surface area contributed by atoms with Gasteiger partial charge in [0.1, 0.15) is 19.0 Å². The Kier molecular flexibility index (Phi) is 19.0. The predicted molar refractivity (Wildman–Crippen MR) is 133 cm³/mol. The minimum absolute atomic E-state index is 0.112. The Morgan fingerprint density at radius 3 is 1.88 bits per heavy atom. The van der Waals surface area contributed by atoms with Crippen LogP contribution in [0.5, 0.6) is 5.75 Å². The molecule has 0 unspecified atom stereocenters. The van der Waals surface area contributed by atoms with Crippen molar-refractivity contribution in [3.8, 4) is 5.75 Å². The molecule has 0 aliphatic rings. The molecule has 1 rings (SSSR count).